The van der Waals surface area contributed by atoms with Gasteiger partial charge in [-0.15, -0.1) is 0 Å². The summed E-state index contributed by atoms with van der Waals surface area (Å²) in [6.07, 6.45) is 4.76. The molecular weight excluding hydrogens is 276 g/mol. The van der Waals surface area contributed by atoms with Crippen LogP contribution in [0.5, 0.6) is 0 Å². The second-order valence-corrected chi connectivity index (χ2v) is 4.75. The fourth-order valence-corrected chi connectivity index (χ4v) is 2.19. The summed E-state index contributed by atoms with van der Waals surface area (Å²) >= 11 is 3.52. The van der Waals surface area contributed by atoms with Crippen molar-refractivity contribution in [2.45, 2.75) is 13.3 Å². The number of pyridine rings is 1. The molecule has 0 N–H and O–H groups in total. The van der Waals surface area contributed by atoms with E-state index in [-0.39, 0.29) is 0 Å². The number of anilines is 2. The molecule has 0 spiro atoms. The molecule has 2 rings (SSSR count). The normalized spacial score (nSPS) is 10.2. The van der Waals surface area contributed by atoms with Crippen molar-refractivity contribution in [2.75, 3.05) is 11.4 Å². The largest absolute Gasteiger partial charge is 0.341 e. The summed E-state index contributed by atoms with van der Waals surface area (Å²) in [6, 6.07) is 12.4. The first kappa shape index (κ1) is 12.1. The van der Waals surface area contributed by atoms with Crippen molar-refractivity contribution in [3.63, 3.8) is 0 Å². The Hall–Kier alpha value is -1.35. The first-order valence-corrected chi connectivity index (χ1v) is 6.53. The molecule has 0 aliphatic carbocycles. The van der Waals surface area contributed by atoms with Gasteiger partial charge in [-0.25, -0.2) is 0 Å². The minimum absolute atomic E-state index is 1.00. The molecular formula is C14H15BrN2. The van der Waals surface area contributed by atoms with Crippen molar-refractivity contribution in [1.29, 1.82) is 0 Å². The fourth-order valence-electron chi connectivity index (χ4n) is 1.80. The van der Waals surface area contributed by atoms with Gasteiger partial charge in [0.1, 0.15) is 0 Å². The van der Waals surface area contributed by atoms with Gasteiger partial charge in [0.2, 0.25) is 0 Å². The maximum atomic E-state index is 4.06. The van der Waals surface area contributed by atoms with Crippen LogP contribution in [0.4, 0.5) is 11.4 Å². The number of benzene rings is 1. The Kier molecular flexibility index (Phi) is 4.15. The van der Waals surface area contributed by atoms with Crippen LogP contribution in [-0.2, 0) is 0 Å². The third-order valence-corrected chi connectivity index (χ3v) is 3.03. The number of rotatable bonds is 4. The van der Waals surface area contributed by atoms with Crippen LogP contribution in [0.3, 0.4) is 0 Å². The molecule has 0 radical (unpaired) electrons. The van der Waals surface area contributed by atoms with Crippen molar-refractivity contribution in [3.8, 4) is 0 Å². The first-order valence-electron chi connectivity index (χ1n) is 5.74. The lowest BCUT2D eigenvalue weighted by molar-refractivity contribution is 0.884. The summed E-state index contributed by atoms with van der Waals surface area (Å²) in [6.45, 7) is 3.19. The molecule has 1 aromatic heterocycles. The van der Waals surface area contributed by atoms with Crippen LogP contribution in [0.1, 0.15) is 13.3 Å². The summed E-state index contributed by atoms with van der Waals surface area (Å²) in [7, 11) is 0. The van der Waals surface area contributed by atoms with E-state index >= 15 is 0 Å². The van der Waals surface area contributed by atoms with Crippen LogP contribution >= 0.6 is 15.9 Å². The molecule has 0 saturated carbocycles. The van der Waals surface area contributed by atoms with E-state index in [4.69, 9.17) is 0 Å². The van der Waals surface area contributed by atoms with E-state index in [1.807, 2.05) is 30.6 Å². The highest BCUT2D eigenvalue weighted by atomic mass is 79.9. The van der Waals surface area contributed by atoms with Crippen molar-refractivity contribution >= 4 is 27.3 Å². The van der Waals surface area contributed by atoms with Crippen LogP contribution in [-0.4, -0.2) is 11.5 Å². The molecule has 1 heterocycles. The zero-order valence-corrected chi connectivity index (χ0v) is 11.4. The third kappa shape index (κ3) is 3.07. The molecule has 2 nitrogen and oxygen atoms in total. The summed E-state index contributed by atoms with van der Waals surface area (Å²) < 4.78 is 1.10. The lowest BCUT2D eigenvalue weighted by Gasteiger charge is -2.24. The standard InChI is InChI=1S/C14H15BrN2/c1-2-10-17(13-6-8-16-9-7-13)14-5-3-4-12(15)11-14/h3-9,11H,2,10H2,1H3. The average Bonchev–Trinajstić information content (AvgIpc) is 2.37. The van der Waals surface area contributed by atoms with Gasteiger partial charge in [0.15, 0.2) is 0 Å². The van der Waals surface area contributed by atoms with E-state index in [1.165, 1.54) is 11.4 Å². The van der Waals surface area contributed by atoms with E-state index in [2.05, 4.69) is 50.9 Å². The summed E-state index contributed by atoms with van der Waals surface area (Å²) in [5.74, 6) is 0. The molecule has 0 amide bonds. The van der Waals surface area contributed by atoms with Crippen LogP contribution < -0.4 is 4.90 Å². The highest BCUT2D eigenvalue weighted by Crippen LogP contribution is 2.27. The zero-order chi connectivity index (χ0) is 12.1. The van der Waals surface area contributed by atoms with Gasteiger partial charge in [0, 0.05) is 34.8 Å². The smallest absolute Gasteiger partial charge is 0.0441 e. The van der Waals surface area contributed by atoms with E-state index in [0.717, 1.165) is 17.4 Å². The van der Waals surface area contributed by atoms with Crippen molar-refractivity contribution in [2.24, 2.45) is 0 Å². The number of halogens is 1. The SMILES string of the molecule is CCCN(c1ccncc1)c1cccc(Br)c1. The quantitative estimate of drug-likeness (QED) is 0.830. The van der Waals surface area contributed by atoms with Gasteiger partial charge in [-0.3, -0.25) is 4.98 Å². The minimum atomic E-state index is 1.00. The number of hydrogen-bond acceptors (Lipinski definition) is 2. The zero-order valence-electron chi connectivity index (χ0n) is 9.81. The van der Waals surface area contributed by atoms with Crippen LogP contribution in [0.2, 0.25) is 0 Å². The predicted molar refractivity (Wildman–Crippen MR) is 75.7 cm³/mol. The maximum Gasteiger partial charge on any atom is 0.0441 e. The Morgan fingerprint density at radius 1 is 1.12 bits per heavy atom. The molecule has 0 atom stereocenters. The molecule has 3 heteroatoms. The molecule has 2 aromatic rings. The third-order valence-electron chi connectivity index (χ3n) is 2.54. The number of nitrogens with zero attached hydrogens (tertiary/aromatic N) is 2. The molecule has 0 fully saturated rings. The Morgan fingerprint density at radius 2 is 1.88 bits per heavy atom. The average molecular weight is 291 g/mol. The second kappa shape index (κ2) is 5.82. The van der Waals surface area contributed by atoms with Crippen LogP contribution in [0, 0.1) is 0 Å². The molecule has 1 aromatic carbocycles. The van der Waals surface area contributed by atoms with E-state index in [0.29, 0.717) is 0 Å². The molecule has 0 saturated heterocycles. The van der Waals surface area contributed by atoms with E-state index in [9.17, 15) is 0 Å². The maximum absolute atomic E-state index is 4.06. The van der Waals surface area contributed by atoms with Gasteiger partial charge >= 0.3 is 0 Å². The lowest BCUT2D eigenvalue weighted by atomic mass is 10.2. The van der Waals surface area contributed by atoms with E-state index < -0.39 is 0 Å². The van der Waals surface area contributed by atoms with Crippen molar-refractivity contribution in [3.05, 3.63) is 53.3 Å². The Balaban J connectivity index is 2.35. The van der Waals surface area contributed by atoms with Crippen LogP contribution in [0.15, 0.2) is 53.3 Å². The highest BCUT2D eigenvalue weighted by Gasteiger charge is 2.07. The van der Waals surface area contributed by atoms with Gasteiger partial charge < -0.3 is 4.90 Å². The predicted octanol–water partition coefficient (Wildman–Crippen LogP) is 4.39. The molecule has 0 aliphatic heterocycles. The number of aromatic nitrogens is 1. The lowest BCUT2D eigenvalue weighted by Crippen LogP contribution is -2.17. The second-order valence-electron chi connectivity index (χ2n) is 3.84. The van der Waals surface area contributed by atoms with Gasteiger partial charge in [0.05, 0.1) is 0 Å². The number of hydrogen-bond donors (Lipinski definition) is 0. The Bertz CT molecular complexity index is 471. The molecule has 0 unspecified atom stereocenters. The topological polar surface area (TPSA) is 16.1 Å². The summed E-state index contributed by atoms with van der Waals surface area (Å²) in [4.78, 5) is 6.36. The molecule has 0 aliphatic rings. The fraction of sp³-hybridized carbons (Fsp3) is 0.214. The minimum Gasteiger partial charge on any atom is -0.341 e. The highest BCUT2D eigenvalue weighted by molar-refractivity contribution is 9.10. The van der Waals surface area contributed by atoms with Crippen molar-refractivity contribution in [1.82, 2.24) is 4.98 Å². The summed E-state index contributed by atoms with van der Waals surface area (Å²) in [5.41, 5.74) is 2.38. The first-order chi connectivity index (χ1) is 8.31. The van der Waals surface area contributed by atoms with E-state index in [1.54, 1.807) is 0 Å². The molecule has 17 heavy (non-hydrogen) atoms. The summed E-state index contributed by atoms with van der Waals surface area (Å²) in [5, 5.41) is 0. The van der Waals surface area contributed by atoms with Gasteiger partial charge in [-0.05, 0) is 36.8 Å². The Labute approximate surface area is 110 Å². The van der Waals surface area contributed by atoms with Crippen molar-refractivity contribution < 1.29 is 0 Å². The van der Waals surface area contributed by atoms with Crippen LogP contribution in [0.25, 0.3) is 0 Å². The monoisotopic (exact) mass is 290 g/mol. The Morgan fingerprint density at radius 3 is 2.53 bits per heavy atom. The van der Waals surface area contributed by atoms with Gasteiger partial charge in [-0.1, -0.05) is 28.9 Å². The molecule has 0 bridgehead atoms. The molecule has 88 valence electrons. The van der Waals surface area contributed by atoms with Gasteiger partial charge in [-0.2, -0.15) is 0 Å². The van der Waals surface area contributed by atoms with Gasteiger partial charge in [0.25, 0.3) is 0 Å².